The Bertz CT molecular complexity index is 1860. The van der Waals surface area contributed by atoms with Crippen LogP contribution in [0.4, 0.5) is 20.4 Å². The predicted molar refractivity (Wildman–Crippen MR) is 146 cm³/mol. The van der Waals surface area contributed by atoms with Gasteiger partial charge >= 0.3 is 5.97 Å². The lowest BCUT2D eigenvalue weighted by Crippen LogP contribution is -2.33. The number of rotatable bonds is 7. The first-order valence-electron chi connectivity index (χ1n) is 12.7. The van der Waals surface area contributed by atoms with E-state index in [1.807, 2.05) is 0 Å². The molecule has 0 aliphatic carbocycles. The fourth-order valence-corrected chi connectivity index (χ4v) is 5.14. The van der Waals surface area contributed by atoms with Crippen molar-refractivity contribution < 1.29 is 23.5 Å². The average molecular weight is 556 g/mol. The van der Waals surface area contributed by atoms with Crippen molar-refractivity contribution in [2.24, 2.45) is 0 Å². The first kappa shape index (κ1) is 26.0. The molecule has 0 fully saturated rings. The van der Waals surface area contributed by atoms with Gasteiger partial charge in [0, 0.05) is 12.0 Å². The third-order valence-corrected chi connectivity index (χ3v) is 7.33. The Morgan fingerprint density at radius 2 is 1.88 bits per heavy atom. The van der Waals surface area contributed by atoms with Crippen LogP contribution in [0, 0.1) is 11.6 Å². The largest absolute Gasteiger partial charge is 0.481 e. The molecule has 2 aromatic carbocycles. The number of nitrogens with zero attached hydrogens (tertiary/aromatic N) is 5. The highest BCUT2D eigenvalue weighted by atomic mass is 19.1. The number of hydrogen-bond donors (Lipinski definition) is 3. The molecular weight excluding hydrogens is 532 g/mol. The van der Waals surface area contributed by atoms with E-state index in [0.29, 0.717) is 34.1 Å². The number of aromatic nitrogens is 5. The Morgan fingerprint density at radius 1 is 1.12 bits per heavy atom. The number of amides is 1. The molecular formula is C29H23F2N7O3. The minimum atomic E-state index is -1.22. The van der Waals surface area contributed by atoms with E-state index in [2.05, 4.69) is 25.4 Å². The van der Waals surface area contributed by atoms with Crippen LogP contribution >= 0.6 is 0 Å². The van der Waals surface area contributed by atoms with Crippen molar-refractivity contribution in [2.75, 3.05) is 11.1 Å². The number of nitrogens with two attached hydrogens (primary N) is 1. The first-order valence-corrected chi connectivity index (χ1v) is 12.7. The van der Waals surface area contributed by atoms with Crippen molar-refractivity contribution >= 4 is 34.5 Å². The standard InChI is InChI=1S/C29H23F2N7O3/c1-29(17-9-6-15(7-10-17)8-11-21(39)40)22-24(32)34-26(35-25(22)36-28(29)41)23-19-12-18(30)13-33-27(19)38(37-23)14-16-4-2-3-5-20(16)31/h2-7,9-10,12-13H,8,11,14H2,1H3,(H,39,40)(H3,32,34,35,36,41)/t29-/m1/s1. The maximum Gasteiger partial charge on any atom is 0.303 e. The van der Waals surface area contributed by atoms with Crippen LogP contribution < -0.4 is 11.1 Å². The Balaban J connectivity index is 1.42. The predicted octanol–water partition coefficient (Wildman–Crippen LogP) is 4.07. The molecule has 4 N–H and O–H groups in total. The minimum Gasteiger partial charge on any atom is -0.481 e. The summed E-state index contributed by atoms with van der Waals surface area (Å²) >= 11 is 0. The van der Waals surface area contributed by atoms with Crippen LogP contribution in [0.3, 0.4) is 0 Å². The first-order chi connectivity index (χ1) is 19.6. The van der Waals surface area contributed by atoms with E-state index >= 15 is 0 Å². The van der Waals surface area contributed by atoms with Gasteiger partial charge in [-0.25, -0.2) is 28.4 Å². The molecule has 1 aliphatic heterocycles. The molecule has 0 saturated heterocycles. The summed E-state index contributed by atoms with van der Waals surface area (Å²) in [6.07, 6.45) is 1.40. The van der Waals surface area contributed by atoms with E-state index in [1.54, 1.807) is 49.4 Å². The lowest BCUT2D eigenvalue weighted by Gasteiger charge is -2.23. The van der Waals surface area contributed by atoms with Gasteiger partial charge in [0.1, 0.15) is 34.4 Å². The summed E-state index contributed by atoms with van der Waals surface area (Å²) in [7, 11) is 0. The molecule has 1 amide bonds. The van der Waals surface area contributed by atoms with Crippen LogP contribution in [-0.4, -0.2) is 41.7 Å². The van der Waals surface area contributed by atoms with Crippen LogP contribution in [0.15, 0.2) is 60.8 Å². The summed E-state index contributed by atoms with van der Waals surface area (Å²) in [5, 5.41) is 16.6. The zero-order valence-electron chi connectivity index (χ0n) is 21.7. The number of fused-ring (bicyclic) bond motifs is 2. The van der Waals surface area contributed by atoms with Crippen molar-refractivity contribution in [2.45, 2.75) is 31.7 Å². The van der Waals surface area contributed by atoms with Gasteiger partial charge in [-0.2, -0.15) is 5.10 Å². The molecule has 4 heterocycles. The Kier molecular flexibility index (Phi) is 6.17. The minimum absolute atomic E-state index is 0.00630. The maximum absolute atomic E-state index is 14.4. The molecule has 12 heteroatoms. The quantitative estimate of drug-likeness (QED) is 0.272. The SMILES string of the molecule is C[C@]1(c2ccc(CCC(=O)O)cc2)C(=O)Nc2nc(-c3nn(Cc4ccccc4F)c4ncc(F)cc34)nc(N)c21. The molecule has 0 bridgehead atoms. The van der Waals surface area contributed by atoms with Gasteiger partial charge in [-0.3, -0.25) is 9.59 Å². The van der Waals surface area contributed by atoms with Crippen molar-refractivity contribution in [1.29, 1.82) is 0 Å². The summed E-state index contributed by atoms with van der Waals surface area (Å²) in [4.78, 5) is 37.4. The lowest BCUT2D eigenvalue weighted by atomic mass is 9.77. The van der Waals surface area contributed by atoms with Gasteiger partial charge in [0.25, 0.3) is 0 Å². The van der Waals surface area contributed by atoms with Gasteiger partial charge in [-0.1, -0.05) is 42.5 Å². The third-order valence-electron chi connectivity index (χ3n) is 7.33. The highest BCUT2D eigenvalue weighted by Crippen LogP contribution is 2.45. The molecule has 206 valence electrons. The summed E-state index contributed by atoms with van der Waals surface area (Å²) in [5.41, 5.74) is 7.87. The van der Waals surface area contributed by atoms with E-state index in [-0.39, 0.29) is 42.0 Å². The number of nitrogens with one attached hydrogen (secondary N) is 1. The van der Waals surface area contributed by atoms with Crippen LogP contribution in [-0.2, 0) is 28.0 Å². The molecule has 0 unspecified atom stereocenters. The number of halogens is 2. The number of aryl methyl sites for hydroxylation is 1. The van der Waals surface area contributed by atoms with E-state index < -0.39 is 23.0 Å². The van der Waals surface area contributed by atoms with Crippen LogP contribution in [0.2, 0.25) is 0 Å². The van der Waals surface area contributed by atoms with Gasteiger partial charge in [0.2, 0.25) is 5.91 Å². The fraction of sp³-hybridized carbons (Fsp3) is 0.172. The zero-order valence-corrected chi connectivity index (χ0v) is 21.7. The smallest absolute Gasteiger partial charge is 0.303 e. The molecule has 0 radical (unpaired) electrons. The normalized spacial score (nSPS) is 16.1. The Hall–Kier alpha value is -5.26. The van der Waals surface area contributed by atoms with Gasteiger partial charge in [0.15, 0.2) is 11.5 Å². The molecule has 1 atom stereocenters. The number of benzene rings is 2. The van der Waals surface area contributed by atoms with E-state index in [4.69, 9.17) is 10.8 Å². The number of nitrogen functional groups attached to an aromatic ring is 1. The Labute approximate surface area is 231 Å². The van der Waals surface area contributed by atoms with E-state index in [0.717, 1.165) is 11.8 Å². The van der Waals surface area contributed by atoms with E-state index in [9.17, 15) is 18.4 Å². The number of carbonyl (C=O) groups excluding carboxylic acids is 1. The van der Waals surface area contributed by atoms with E-state index in [1.165, 1.54) is 16.8 Å². The molecule has 10 nitrogen and oxygen atoms in total. The zero-order chi connectivity index (χ0) is 28.9. The van der Waals surface area contributed by atoms with Crippen LogP contribution in [0.5, 0.6) is 0 Å². The molecule has 6 rings (SSSR count). The van der Waals surface area contributed by atoms with Crippen molar-refractivity contribution in [3.63, 3.8) is 0 Å². The highest BCUT2D eigenvalue weighted by Gasteiger charge is 2.47. The second kappa shape index (κ2) is 9.73. The average Bonchev–Trinajstić information content (AvgIpc) is 3.43. The van der Waals surface area contributed by atoms with Crippen molar-refractivity contribution in [3.05, 3.63) is 94.7 Å². The number of hydrogen-bond acceptors (Lipinski definition) is 7. The lowest BCUT2D eigenvalue weighted by molar-refractivity contribution is -0.137. The van der Waals surface area contributed by atoms with Crippen molar-refractivity contribution in [1.82, 2.24) is 24.7 Å². The number of carboxylic acids is 1. The monoisotopic (exact) mass is 555 g/mol. The van der Waals surface area contributed by atoms with Gasteiger partial charge in [0.05, 0.1) is 23.7 Å². The highest BCUT2D eigenvalue weighted by molar-refractivity contribution is 6.09. The fourth-order valence-electron chi connectivity index (χ4n) is 5.14. The molecule has 1 aliphatic rings. The molecule has 5 aromatic rings. The molecule has 0 spiro atoms. The van der Waals surface area contributed by atoms with Crippen molar-refractivity contribution in [3.8, 4) is 11.5 Å². The molecule has 41 heavy (non-hydrogen) atoms. The van der Waals surface area contributed by atoms with Gasteiger partial charge in [-0.05, 0) is 36.6 Å². The summed E-state index contributed by atoms with van der Waals surface area (Å²) in [6.45, 7) is 1.73. The van der Waals surface area contributed by atoms with Crippen LogP contribution in [0.1, 0.15) is 35.6 Å². The number of carbonyl (C=O) groups is 2. The third kappa shape index (κ3) is 4.42. The number of carboxylic acid groups (broad SMARTS) is 1. The molecule has 3 aromatic heterocycles. The van der Waals surface area contributed by atoms with Crippen LogP contribution in [0.25, 0.3) is 22.6 Å². The number of anilines is 2. The summed E-state index contributed by atoms with van der Waals surface area (Å²) in [6, 6.07) is 14.5. The maximum atomic E-state index is 14.4. The second-order valence-corrected chi connectivity index (χ2v) is 9.95. The van der Waals surface area contributed by atoms with Gasteiger partial charge < -0.3 is 16.2 Å². The summed E-state index contributed by atoms with van der Waals surface area (Å²) < 4.78 is 30.1. The topological polar surface area (TPSA) is 149 Å². The number of pyridine rings is 1. The summed E-state index contributed by atoms with van der Waals surface area (Å²) in [5.74, 6) is -2.03. The van der Waals surface area contributed by atoms with Gasteiger partial charge in [-0.15, -0.1) is 0 Å². The molecule has 0 saturated carbocycles. The Morgan fingerprint density at radius 3 is 2.61 bits per heavy atom. The number of aliphatic carboxylic acids is 1. The second-order valence-electron chi connectivity index (χ2n) is 9.95.